The lowest BCUT2D eigenvalue weighted by Crippen LogP contribution is -2.09. The number of carboxylic acids is 1. The molecule has 2 aromatic rings. The molecule has 0 heterocycles. The third-order valence-electron chi connectivity index (χ3n) is 3.53. The molecule has 0 aliphatic rings. The van der Waals surface area contributed by atoms with Crippen molar-refractivity contribution in [3.63, 3.8) is 0 Å². The van der Waals surface area contributed by atoms with Crippen LogP contribution in [0, 0.1) is 0 Å². The topological polar surface area (TPSA) is 124 Å². The van der Waals surface area contributed by atoms with Gasteiger partial charge >= 0.3 is 11.9 Å². The first-order valence-electron chi connectivity index (χ1n) is 7.60. The molecule has 0 aliphatic heterocycles. The Labute approximate surface area is 143 Å². The first kappa shape index (κ1) is 18.1. The Hall–Kier alpha value is -3.22. The molecule has 132 valence electrons. The van der Waals surface area contributed by atoms with Gasteiger partial charge in [0.05, 0.1) is 0 Å². The largest absolute Gasteiger partial charge is 0.504 e. The number of carboxylic acid groups (broad SMARTS) is 1. The van der Waals surface area contributed by atoms with Crippen molar-refractivity contribution >= 4 is 11.9 Å². The molecule has 0 aliphatic carbocycles. The Balaban J connectivity index is 1.91. The second-order valence-corrected chi connectivity index (χ2v) is 5.49. The van der Waals surface area contributed by atoms with Crippen LogP contribution in [0.2, 0.25) is 0 Å². The molecule has 2 aromatic carbocycles. The van der Waals surface area contributed by atoms with Crippen molar-refractivity contribution < 1.29 is 34.8 Å². The van der Waals surface area contributed by atoms with Gasteiger partial charge in [-0.1, -0.05) is 12.1 Å². The number of carbonyl (C=O) groups excluding carboxylic acids is 1. The molecule has 0 amide bonds. The van der Waals surface area contributed by atoms with Gasteiger partial charge in [0.1, 0.15) is 0 Å². The maximum atomic E-state index is 11.9. The Morgan fingerprint density at radius 3 is 2.00 bits per heavy atom. The normalized spacial score (nSPS) is 10.4. The summed E-state index contributed by atoms with van der Waals surface area (Å²) < 4.78 is 5.08. The van der Waals surface area contributed by atoms with Crippen molar-refractivity contribution in [3.8, 4) is 23.0 Å². The van der Waals surface area contributed by atoms with Crippen LogP contribution in [0.4, 0.5) is 0 Å². The van der Waals surface area contributed by atoms with E-state index in [2.05, 4.69) is 0 Å². The van der Waals surface area contributed by atoms with E-state index in [1.807, 2.05) is 0 Å². The Bertz CT molecular complexity index is 783. The van der Waals surface area contributed by atoms with Crippen LogP contribution >= 0.6 is 0 Å². The van der Waals surface area contributed by atoms with Crippen LogP contribution < -0.4 is 4.74 Å². The van der Waals surface area contributed by atoms with E-state index in [9.17, 15) is 24.9 Å². The molecule has 0 atom stereocenters. The Morgan fingerprint density at radius 1 is 0.800 bits per heavy atom. The highest BCUT2D eigenvalue weighted by Gasteiger charge is 2.11. The highest BCUT2D eigenvalue weighted by Crippen LogP contribution is 2.28. The number of esters is 1. The number of aromatic hydroxyl groups is 3. The molecule has 0 saturated heterocycles. The molecule has 0 aromatic heterocycles. The number of aryl methyl sites for hydroxylation is 2. The standard InChI is InChI=1S/C18H18O7/c19-13-5-1-11(9-14(13)20)4-8-18(24)25-16-6-2-12(10-15(16)21)3-7-17(22)23/h1-2,5-6,9-10,19-21H,3-4,7-8H2,(H,22,23). The van der Waals surface area contributed by atoms with E-state index < -0.39 is 11.9 Å². The maximum absolute atomic E-state index is 11.9. The van der Waals surface area contributed by atoms with Gasteiger partial charge in [0.2, 0.25) is 0 Å². The van der Waals surface area contributed by atoms with Crippen LogP contribution in [0.15, 0.2) is 36.4 Å². The van der Waals surface area contributed by atoms with E-state index in [-0.39, 0.29) is 42.3 Å². The van der Waals surface area contributed by atoms with E-state index in [1.165, 1.54) is 24.3 Å². The zero-order valence-corrected chi connectivity index (χ0v) is 13.3. The van der Waals surface area contributed by atoms with Gasteiger partial charge in [-0.25, -0.2) is 0 Å². The molecular formula is C18H18O7. The lowest BCUT2D eigenvalue weighted by atomic mass is 10.1. The number of carbonyl (C=O) groups is 2. The van der Waals surface area contributed by atoms with Crippen molar-refractivity contribution in [3.05, 3.63) is 47.5 Å². The number of phenols is 3. The van der Waals surface area contributed by atoms with E-state index >= 15 is 0 Å². The van der Waals surface area contributed by atoms with Gasteiger partial charge < -0.3 is 25.2 Å². The number of aliphatic carboxylic acids is 1. The molecule has 0 unspecified atom stereocenters. The summed E-state index contributed by atoms with van der Waals surface area (Å²) in [5.41, 5.74) is 1.28. The van der Waals surface area contributed by atoms with Crippen molar-refractivity contribution in [1.29, 1.82) is 0 Å². The van der Waals surface area contributed by atoms with Gasteiger partial charge in [-0.2, -0.15) is 0 Å². The molecule has 0 radical (unpaired) electrons. The van der Waals surface area contributed by atoms with Gasteiger partial charge in [0.15, 0.2) is 23.0 Å². The van der Waals surface area contributed by atoms with E-state index in [4.69, 9.17) is 9.84 Å². The molecule has 0 fully saturated rings. The summed E-state index contributed by atoms with van der Waals surface area (Å²) in [5.74, 6) is -2.24. The number of phenolic OH excluding ortho intramolecular Hbond substituents is 3. The van der Waals surface area contributed by atoms with Crippen LogP contribution in [-0.2, 0) is 22.4 Å². The first-order valence-corrected chi connectivity index (χ1v) is 7.60. The maximum Gasteiger partial charge on any atom is 0.311 e. The number of benzene rings is 2. The third-order valence-corrected chi connectivity index (χ3v) is 3.53. The molecule has 4 N–H and O–H groups in total. The monoisotopic (exact) mass is 346 g/mol. The third kappa shape index (κ3) is 5.42. The zero-order valence-electron chi connectivity index (χ0n) is 13.3. The minimum atomic E-state index is -0.935. The minimum absolute atomic E-state index is 0.00220. The number of hydrogen-bond donors (Lipinski definition) is 4. The van der Waals surface area contributed by atoms with Crippen LogP contribution in [0.25, 0.3) is 0 Å². The molecule has 0 spiro atoms. The smallest absolute Gasteiger partial charge is 0.311 e. The van der Waals surface area contributed by atoms with Crippen LogP contribution in [0.5, 0.6) is 23.0 Å². The second-order valence-electron chi connectivity index (χ2n) is 5.49. The highest BCUT2D eigenvalue weighted by atomic mass is 16.5. The van der Waals surface area contributed by atoms with Crippen molar-refractivity contribution in [2.45, 2.75) is 25.7 Å². The summed E-state index contributed by atoms with van der Waals surface area (Å²) in [4.78, 5) is 22.4. The summed E-state index contributed by atoms with van der Waals surface area (Å²) in [6, 6.07) is 8.63. The fourth-order valence-electron chi connectivity index (χ4n) is 2.20. The number of hydrogen-bond acceptors (Lipinski definition) is 6. The van der Waals surface area contributed by atoms with Gasteiger partial charge in [0.25, 0.3) is 0 Å². The first-order chi connectivity index (χ1) is 11.8. The lowest BCUT2D eigenvalue weighted by molar-refractivity contribution is -0.137. The van der Waals surface area contributed by atoms with Crippen molar-refractivity contribution in [2.75, 3.05) is 0 Å². The molecular weight excluding hydrogens is 328 g/mol. The van der Waals surface area contributed by atoms with Crippen LogP contribution in [0.3, 0.4) is 0 Å². The van der Waals surface area contributed by atoms with E-state index in [1.54, 1.807) is 12.1 Å². The highest BCUT2D eigenvalue weighted by molar-refractivity contribution is 5.73. The van der Waals surface area contributed by atoms with Gasteiger partial charge in [-0.3, -0.25) is 9.59 Å². The summed E-state index contributed by atoms with van der Waals surface area (Å²) in [7, 11) is 0. The molecule has 7 nitrogen and oxygen atoms in total. The molecule has 0 saturated carbocycles. The van der Waals surface area contributed by atoms with Gasteiger partial charge in [-0.15, -0.1) is 0 Å². The molecule has 25 heavy (non-hydrogen) atoms. The van der Waals surface area contributed by atoms with Crippen LogP contribution in [0.1, 0.15) is 24.0 Å². The Kier molecular flexibility index (Phi) is 5.84. The number of rotatable bonds is 7. The summed E-state index contributed by atoms with van der Waals surface area (Å²) in [5, 5.41) is 37.2. The summed E-state index contributed by atoms with van der Waals surface area (Å²) in [6.07, 6.45) is 0.522. The average Bonchev–Trinajstić information content (AvgIpc) is 2.56. The predicted octanol–water partition coefficient (Wildman–Crippen LogP) is 2.36. The summed E-state index contributed by atoms with van der Waals surface area (Å²) in [6.45, 7) is 0. The Morgan fingerprint density at radius 2 is 1.40 bits per heavy atom. The predicted molar refractivity (Wildman–Crippen MR) is 87.8 cm³/mol. The molecule has 0 bridgehead atoms. The fraction of sp³-hybridized carbons (Fsp3) is 0.222. The van der Waals surface area contributed by atoms with E-state index in [0.717, 1.165) is 0 Å². The molecule has 2 rings (SSSR count). The van der Waals surface area contributed by atoms with Gasteiger partial charge in [0, 0.05) is 12.8 Å². The second kappa shape index (κ2) is 8.05. The van der Waals surface area contributed by atoms with Crippen molar-refractivity contribution in [1.82, 2.24) is 0 Å². The van der Waals surface area contributed by atoms with Gasteiger partial charge in [-0.05, 0) is 48.2 Å². The fourth-order valence-corrected chi connectivity index (χ4v) is 2.20. The molecule has 7 heteroatoms. The number of ether oxygens (including phenoxy) is 1. The van der Waals surface area contributed by atoms with Crippen LogP contribution in [-0.4, -0.2) is 32.4 Å². The zero-order chi connectivity index (χ0) is 18.4. The SMILES string of the molecule is O=C(O)CCc1ccc(OC(=O)CCc2ccc(O)c(O)c2)c(O)c1. The average molecular weight is 346 g/mol. The quantitative estimate of drug-likeness (QED) is 0.344. The van der Waals surface area contributed by atoms with E-state index in [0.29, 0.717) is 17.5 Å². The summed E-state index contributed by atoms with van der Waals surface area (Å²) >= 11 is 0. The van der Waals surface area contributed by atoms with Crippen molar-refractivity contribution in [2.24, 2.45) is 0 Å². The minimum Gasteiger partial charge on any atom is -0.504 e. The lowest BCUT2D eigenvalue weighted by Gasteiger charge is -2.08.